The van der Waals surface area contributed by atoms with Crippen molar-refractivity contribution in [2.24, 2.45) is 61.4 Å². The van der Waals surface area contributed by atoms with E-state index in [2.05, 4.69) is 61.4 Å². The summed E-state index contributed by atoms with van der Waals surface area (Å²) in [5.41, 5.74) is 9.24. The van der Waals surface area contributed by atoms with Crippen LogP contribution < -0.4 is 21.9 Å². The van der Waals surface area contributed by atoms with Crippen LogP contribution in [-0.4, -0.2) is 147 Å². The van der Waals surface area contributed by atoms with E-state index in [0.29, 0.717) is 12.1 Å². The minimum absolute atomic E-state index is 0. The number of hydrogen-bond donors (Lipinski definition) is 15. The number of anilines is 3. The van der Waals surface area contributed by atoms with Crippen LogP contribution in [0.5, 0.6) is 34.5 Å². The van der Waals surface area contributed by atoms with Gasteiger partial charge in [-0.15, -0.1) is 40.9 Å². The zero-order valence-electron chi connectivity index (χ0n) is 51.0. The van der Waals surface area contributed by atoms with E-state index in [1.54, 1.807) is 0 Å². The van der Waals surface area contributed by atoms with Crippen molar-refractivity contribution in [1.29, 1.82) is 0 Å². The molecule has 0 fully saturated rings. The van der Waals surface area contributed by atoms with Crippen LogP contribution in [0.2, 0.25) is 0 Å². The summed E-state index contributed by atoms with van der Waals surface area (Å²) in [6.07, 6.45) is 0. The number of carbonyl (C=O) groups is 3. The number of nitrogens with two attached hydrogens (primary N) is 3. The number of rotatable bonds is 20. The molecule has 102 heavy (non-hydrogen) atoms. The molecular weight excluding hydrogens is 1440 g/mol. The number of methoxy groups -OCH3 is 1. The smallest absolute Gasteiger partial charge is 0.339 e. The fourth-order valence-corrected chi connectivity index (χ4v) is 12.2. The summed E-state index contributed by atoms with van der Waals surface area (Å²) in [4.78, 5) is 31.2. The number of hydrogen-bond acceptors (Lipinski definition) is 32. The SMILES string of the molecule is COc1cc(N=Nc2c(S(=O)(=O)O)cc3c(N=Nc4ccc(O)c(C(=O)O)c4)c(N)ccc3c2O)ccc1N=Nc1c(S(=O)(=O)O)cc2cc(S(=O)(=O)O)c(N=Nc3ccc(N=Nc4c(S(=O)(=O)O)cc5c(N=Nc6ccc(O)c(C(=O)O)c6)c(N)ccc5c4O)cc3C(=O)O)c(N)c2c1O.[Na]. The molecule has 0 aliphatic heterocycles. The number of aromatic carboxylic acids is 3. The summed E-state index contributed by atoms with van der Waals surface area (Å²) in [6, 6.07) is 19.8. The van der Waals surface area contributed by atoms with Crippen molar-refractivity contribution in [3.8, 4) is 34.5 Å². The van der Waals surface area contributed by atoms with Crippen LogP contribution in [0.15, 0.2) is 202 Å². The second-order valence-electron chi connectivity index (χ2n) is 20.6. The molecule has 0 spiro atoms. The number of nitrogen functional groups attached to an aromatic ring is 3. The van der Waals surface area contributed by atoms with Crippen molar-refractivity contribution < 1.29 is 112 Å². The Kier molecular flexibility index (Phi) is 20.5. The summed E-state index contributed by atoms with van der Waals surface area (Å²) in [5, 5.41) is 128. The maximum absolute atomic E-state index is 12.9. The number of azo groups is 6. The van der Waals surface area contributed by atoms with Crippen LogP contribution in [0.1, 0.15) is 31.1 Å². The predicted molar refractivity (Wildman–Crippen MR) is 357 cm³/mol. The van der Waals surface area contributed by atoms with E-state index in [1.165, 1.54) is 36.4 Å². The van der Waals surface area contributed by atoms with Gasteiger partial charge in [-0.25, -0.2) is 14.4 Å². The van der Waals surface area contributed by atoms with Gasteiger partial charge in [0.05, 0.1) is 57.9 Å². The largest absolute Gasteiger partial charge is 0.507 e. The van der Waals surface area contributed by atoms with Gasteiger partial charge in [0.25, 0.3) is 40.5 Å². The molecule has 0 aliphatic carbocycles. The van der Waals surface area contributed by atoms with E-state index >= 15 is 0 Å². The molecule has 0 amide bonds. The number of benzene rings is 10. The number of carboxylic acid groups (broad SMARTS) is 3. The Labute approximate surface area is 591 Å². The molecule has 10 aromatic carbocycles. The van der Waals surface area contributed by atoms with Gasteiger partial charge in [-0.1, -0.05) is 0 Å². The molecule has 0 saturated carbocycles. The van der Waals surface area contributed by atoms with Gasteiger partial charge in [0.15, 0.2) is 17.2 Å². The molecule has 44 heteroatoms. The Morgan fingerprint density at radius 3 is 1.11 bits per heavy atom. The molecular formula is C58H41N15NaO24S4. The Balaban J connectivity index is 0.0000121. The van der Waals surface area contributed by atoms with E-state index < -0.39 is 174 Å². The zero-order valence-corrected chi connectivity index (χ0v) is 56.3. The number of phenols is 5. The second kappa shape index (κ2) is 28.2. The topological polar surface area (TPSA) is 666 Å². The van der Waals surface area contributed by atoms with Gasteiger partial charge in [-0.3, -0.25) is 18.2 Å². The number of carboxylic acids is 3. The molecule has 10 rings (SSSR count). The van der Waals surface area contributed by atoms with Gasteiger partial charge in [0.1, 0.15) is 93.5 Å². The molecule has 0 aliphatic rings. The van der Waals surface area contributed by atoms with Crippen molar-refractivity contribution in [1.82, 2.24) is 0 Å². The van der Waals surface area contributed by atoms with Crippen molar-refractivity contribution in [2.45, 2.75) is 19.6 Å². The van der Waals surface area contributed by atoms with Gasteiger partial charge in [0.2, 0.25) is 0 Å². The molecule has 0 aromatic heterocycles. The van der Waals surface area contributed by atoms with Crippen LogP contribution in [0.3, 0.4) is 0 Å². The Bertz CT molecular complexity index is 6000. The molecule has 0 heterocycles. The quantitative estimate of drug-likeness (QED) is 0.0146. The molecule has 0 atom stereocenters. The summed E-state index contributed by atoms with van der Waals surface area (Å²) in [6.45, 7) is 0. The minimum atomic E-state index is -5.50. The summed E-state index contributed by atoms with van der Waals surface area (Å²) in [5.74, 6) is -9.38. The predicted octanol–water partition coefficient (Wildman–Crippen LogP) is 12.6. The summed E-state index contributed by atoms with van der Waals surface area (Å²) >= 11 is 0. The van der Waals surface area contributed by atoms with E-state index in [-0.39, 0.29) is 102 Å². The van der Waals surface area contributed by atoms with Gasteiger partial charge < -0.3 is 62.8 Å². The molecule has 18 N–H and O–H groups in total. The van der Waals surface area contributed by atoms with Crippen LogP contribution in [0.25, 0.3) is 32.3 Å². The van der Waals surface area contributed by atoms with Crippen molar-refractivity contribution in [3.63, 3.8) is 0 Å². The van der Waals surface area contributed by atoms with E-state index in [4.69, 9.17) is 21.9 Å². The van der Waals surface area contributed by atoms with Crippen LogP contribution in [0.4, 0.5) is 85.3 Å². The van der Waals surface area contributed by atoms with Gasteiger partial charge >= 0.3 is 17.9 Å². The van der Waals surface area contributed by atoms with Crippen LogP contribution in [-0.2, 0) is 40.5 Å². The zero-order chi connectivity index (χ0) is 73.7. The third-order valence-electron chi connectivity index (χ3n) is 14.3. The summed E-state index contributed by atoms with van der Waals surface area (Å²) < 4.78 is 150. The number of nitrogens with zero attached hydrogens (tertiary/aromatic N) is 12. The fourth-order valence-electron chi connectivity index (χ4n) is 9.57. The number of fused-ring (bicyclic) bond motifs is 3. The molecule has 517 valence electrons. The Hall–Kier alpha value is -12.2. The van der Waals surface area contributed by atoms with Crippen LogP contribution >= 0.6 is 0 Å². The molecule has 0 bridgehead atoms. The average molecular weight is 1480 g/mol. The Morgan fingerprint density at radius 1 is 0.363 bits per heavy atom. The average Bonchev–Trinajstić information content (AvgIpc) is 0.749. The standard InChI is InChI=1S/C58H41N15O24S4.Na/c1-97-40-19-26(65-72-51-44(101(94,95)96)21-30-28(54(51)77)7-9-35(60)48(30)69-63-25-5-13-39(75)33(18-25)58(83)84)3-11-37(40)67-73-52-42(99(88,89)90)15-22-14-41(98(85,86)87)49(46(61)45(22)55(52)78)70-66-36-10-2-23(16-31(36)56(79)80)64-71-50-43(100(91,92)93)20-29-27(53(50)76)6-8-34(59)47(29)68-62-24-4-12-38(74)32(17-24)57(81)82;/h2-21,74-78H,59-61H2,1H3,(H,79,80)(H,81,82)(H,83,84)(H,85,86,87)(H,88,89,90)(H,91,92,93)(H,94,95,96);. The van der Waals surface area contributed by atoms with Gasteiger partial charge in [-0.05, 0) is 121 Å². The first-order valence-corrected chi connectivity index (χ1v) is 33.0. The fraction of sp³-hybridized carbons (Fsp3) is 0.0172. The number of ether oxygens (including phenoxy) is 1. The number of phenolic OH excluding ortho intramolecular Hbond substituents is 3. The molecule has 0 unspecified atom stereocenters. The second-order valence-corrected chi connectivity index (χ2v) is 26.2. The minimum Gasteiger partial charge on any atom is -0.507 e. The molecule has 39 nitrogen and oxygen atoms in total. The third kappa shape index (κ3) is 15.0. The van der Waals surface area contributed by atoms with Crippen LogP contribution in [0, 0.1) is 0 Å². The first kappa shape index (κ1) is 74.1. The molecule has 10 aromatic rings. The molecule has 1 radical (unpaired) electrons. The van der Waals surface area contributed by atoms with E-state index in [9.17, 15) is 107 Å². The van der Waals surface area contributed by atoms with Crippen molar-refractivity contribution >= 4 is 206 Å². The maximum Gasteiger partial charge on any atom is 0.339 e. The van der Waals surface area contributed by atoms with E-state index in [0.717, 1.165) is 79.9 Å². The first-order chi connectivity index (χ1) is 47.3. The first-order valence-electron chi connectivity index (χ1n) is 27.2. The number of aromatic hydroxyl groups is 5. The van der Waals surface area contributed by atoms with Gasteiger partial charge in [-0.2, -0.15) is 54.1 Å². The summed E-state index contributed by atoms with van der Waals surface area (Å²) in [7, 11) is -20.5. The van der Waals surface area contributed by atoms with Crippen molar-refractivity contribution in [3.05, 3.63) is 138 Å². The van der Waals surface area contributed by atoms with E-state index in [1.807, 2.05) is 0 Å². The van der Waals surface area contributed by atoms with Gasteiger partial charge in [0, 0.05) is 57.2 Å². The monoisotopic (exact) mass is 1480 g/mol. The molecule has 0 saturated heterocycles. The maximum atomic E-state index is 12.9. The normalized spacial score (nSPS) is 12.5. The third-order valence-corrected chi connectivity index (χ3v) is 17.7. The Morgan fingerprint density at radius 2 is 0.696 bits per heavy atom. The van der Waals surface area contributed by atoms with Crippen molar-refractivity contribution in [2.75, 3.05) is 24.3 Å².